The van der Waals surface area contributed by atoms with Crippen molar-refractivity contribution in [1.29, 1.82) is 0 Å². The van der Waals surface area contributed by atoms with Gasteiger partial charge in [-0.3, -0.25) is 0 Å². The molecule has 0 heterocycles. The van der Waals surface area contributed by atoms with Gasteiger partial charge in [0.15, 0.2) is 11.5 Å². The van der Waals surface area contributed by atoms with Crippen LogP contribution in [0.2, 0.25) is 0 Å². The lowest BCUT2D eigenvalue weighted by atomic mass is 10.1. The van der Waals surface area contributed by atoms with Crippen molar-refractivity contribution in [2.45, 2.75) is 12.5 Å². The second-order valence-corrected chi connectivity index (χ2v) is 3.10. The van der Waals surface area contributed by atoms with Gasteiger partial charge in [0.25, 0.3) is 0 Å². The number of hydrogen-bond donors (Lipinski definition) is 3. The highest BCUT2D eigenvalue weighted by Gasteiger charge is 2.06. The molecule has 0 spiro atoms. The summed E-state index contributed by atoms with van der Waals surface area (Å²) in [6.07, 6.45) is -0.0862. The molecule has 1 aromatic rings. The zero-order valence-electron chi connectivity index (χ0n) is 8.10. The van der Waals surface area contributed by atoms with E-state index in [-0.39, 0.29) is 12.3 Å². The number of phenols is 1. The SMILES string of the molecule is COc1cc(CC(O)CN)ccc1O. The van der Waals surface area contributed by atoms with Crippen molar-refractivity contribution in [3.8, 4) is 11.5 Å². The van der Waals surface area contributed by atoms with Crippen LogP contribution in [-0.4, -0.2) is 30.0 Å². The fourth-order valence-corrected chi connectivity index (χ4v) is 1.20. The Balaban J connectivity index is 2.79. The predicted octanol–water partition coefficient (Wildman–Crippen LogP) is 0.263. The van der Waals surface area contributed by atoms with E-state index in [1.165, 1.54) is 13.2 Å². The summed E-state index contributed by atoms with van der Waals surface area (Å²) in [4.78, 5) is 0. The number of aliphatic hydroxyl groups excluding tert-OH is 1. The first-order valence-corrected chi connectivity index (χ1v) is 4.41. The van der Waals surface area contributed by atoms with Crippen LogP contribution in [-0.2, 0) is 6.42 Å². The Bertz CT molecular complexity index is 301. The van der Waals surface area contributed by atoms with E-state index < -0.39 is 6.10 Å². The maximum atomic E-state index is 9.32. The van der Waals surface area contributed by atoms with Gasteiger partial charge in [-0.2, -0.15) is 0 Å². The Morgan fingerprint density at radius 3 is 2.79 bits per heavy atom. The fraction of sp³-hybridized carbons (Fsp3) is 0.400. The minimum absolute atomic E-state index is 0.0958. The standard InChI is InChI=1S/C10H15NO3/c1-14-10-5-7(2-3-9(10)13)4-8(12)6-11/h2-3,5,8,12-13H,4,6,11H2,1H3. The molecular weight excluding hydrogens is 182 g/mol. The molecule has 4 N–H and O–H groups in total. The van der Waals surface area contributed by atoms with E-state index in [2.05, 4.69) is 0 Å². The first-order valence-electron chi connectivity index (χ1n) is 4.41. The summed E-state index contributed by atoms with van der Waals surface area (Å²) >= 11 is 0. The van der Waals surface area contributed by atoms with Crippen molar-refractivity contribution < 1.29 is 14.9 Å². The number of nitrogens with two attached hydrogens (primary N) is 1. The lowest BCUT2D eigenvalue weighted by Crippen LogP contribution is -2.21. The third-order valence-electron chi connectivity index (χ3n) is 1.99. The Morgan fingerprint density at radius 2 is 2.21 bits per heavy atom. The first kappa shape index (κ1) is 10.8. The van der Waals surface area contributed by atoms with Crippen LogP contribution in [0.25, 0.3) is 0 Å². The molecule has 0 aromatic heterocycles. The van der Waals surface area contributed by atoms with Crippen LogP contribution >= 0.6 is 0 Å². The zero-order chi connectivity index (χ0) is 10.6. The molecule has 0 radical (unpaired) electrons. The molecular formula is C10H15NO3. The molecule has 4 nitrogen and oxygen atoms in total. The van der Waals surface area contributed by atoms with Crippen LogP contribution in [0.5, 0.6) is 11.5 Å². The molecule has 0 amide bonds. The number of aromatic hydroxyl groups is 1. The van der Waals surface area contributed by atoms with Crippen LogP contribution < -0.4 is 10.5 Å². The van der Waals surface area contributed by atoms with Gasteiger partial charge in [-0.25, -0.2) is 0 Å². The Hall–Kier alpha value is -1.26. The third-order valence-corrected chi connectivity index (χ3v) is 1.99. The molecule has 0 aliphatic heterocycles. The number of ether oxygens (including phenoxy) is 1. The topological polar surface area (TPSA) is 75.7 Å². The van der Waals surface area contributed by atoms with Crippen molar-refractivity contribution in [1.82, 2.24) is 0 Å². The number of phenolic OH excluding ortho intramolecular Hbond substituents is 1. The molecule has 1 aromatic carbocycles. The fourth-order valence-electron chi connectivity index (χ4n) is 1.20. The largest absolute Gasteiger partial charge is 0.504 e. The van der Waals surface area contributed by atoms with Gasteiger partial charge in [0.05, 0.1) is 13.2 Å². The van der Waals surface area contributed by atoms with Crippen molar-refractivity contribution in [2.75, 3.05) is 13.7 Å². The molecule has 1 unspecified atom stereocenters. The van der Waals surface area contributed by atoms with Gasteiger partial charge in [-0.15, -0.1) is 0 Å². The Morgan fingerprint density at radius 1 is 1.50 bits per heavy atom. The van der Waals surface area contributed by atoms with Crippen LogP contribution in [0.15, 0.2) is 18.2 Å². The maximum Gasteiger partial charge on any atom is 0.160 e. The van der Waals surface area contributed by atoms with E-state index in [0.29, 0.717) is 12.2 Å². The van der Waals surface area contributed by atoms with Crippen molar-refractivity contribution in [3.63, 3.8) is 0 Å². The van der Waals surface area contributed by atoms with Gasteiger partial charge < -0.3 is 20.7 Å². The second-order valence-electron chi connectivity index (χ2n) is 3.10. The predicted molar refractivity (Wildman–Crippen MR) is 53.4 cm³/mol. The average molecular weight is 197 g/mol. The minimum Gasteiger partial charge on any atom is -0.504 e. The molecule has 1 rings (SSSR count). The van der Waals surface area contributed by atoms with Gasteiger partial charge in [-0.1, -0.05) is 6.07 Å². The molecule has 0 saturated heterocycles. The summed E-state index contributed by atoms with van der Waals surface area (Å²) in [6.45, 7) is 0.225. The lowest BCUT2D eigenvalue weighted by molar-refractivity contribution is 0.183. The average Bonchev–Trinajstić information content (AvgIpc) is 2.20. The van der Waals surface area contributed by atoms with Gasteiger partial charge in [-0.05, 0) is 24.1 Å². The van der Waals surface area contributed by atoms with Crippen molar-refractivity contribution in [3.05, 3.63) is 23.8 Å². The number of hydrogen-bond acceptors (Lipinski definition) is 4. The molecule has 0 saturated carbocycles. The summed E-state index contributed by atoms with van der Waals surface area (Å²) in [5.74, 6) is 0.505. The number of rotatable bonds is 4. The quantitative estimate of drug-likeness (QED) is 0.647. The van der Waals surface area contributed by atoms with E-state index >= 15 is 0 Å². The maximum absolute atomic E-state index is 9.32. The van der Waals surface area contributed by atoms with Crippen molar-refractivity contribution >= 4 is 0 Å². The monoisotopic (exact) mass is 197 g/mol. The van der Waals surface area contributed by atoms with Crippen molar-refractivity contribution in [2.24, 2.45) is 5.73 Å². The van der Waals surface area contributed by atoms with E-state index in [4.69, 9.17) is 10.5 Å². The molecule has 0 bridgehead atoms. The summed E-state index contributed by atoms with van der Waals surface area (Å²) in [5, 5.41) is 18.6. The highest BCUT2D eigenvalue weighted by Crippen LogP contribution is 2.26. The van der Waals surface area contributed by atoms with Crippen LogP contribution in [0.1, 0.15) is 5.56 Å². The van der Waals surface area contributed by atoms with E-state index in [1.54, 1.807) is 12.1 Å². The van der Waals surface area contributed by atoms with Crippen LogP contribution in [0, 0.1) is 0 Å². The van der Waals surface area contributed by atoms with E-state index in [0.717, 1.165) is 5.56 Å². The van der Waals surface area contributed by atoms with Gasteiger partial charge >= 0.3 is 0 Å². The summed E-state index contributed by atoms with van der Waals surface area (Å²) in [5.41, 5.74) is 6.18. The number of aliphatic hydroxyl groups is 1. The molecule has 14 heavy (non-hydrogen) atoms. The minimum atomic E-state index is -0.552. The number of methoxy groups -OCH3 is 1. The molecule has 0 aliphatic rings. The Labute approximate surface area is 82.9 Å². The van der Waals surface area contributed by atoms with Gasteiger partial charge in [0.1, 0.15) is 0 Å². The molecule has 0 aliphatic carbocycles. The molecule has 0 fully saturated rings. The van der Waals surface area contributed by atoms with Gasteiger partial charge in [0.2, 0.25) is 0 Å². The lowest BCUT2D eigenvalue weighted by Gasteiger charge is -2.09. The zero-order valence-corrected chi connectivity index (χ0v) is 8.10. The molecule has 4 heteroatoms. The third kappa shape index (κ3) is 2.61. The molecule has 78 valence electrons. The summed E-state index contributed by atoms with van der Waals surface area (Å²) in [7, 11) is 1.48. The second kappa shape index (κ2) is 4.83. The van der Waals surface area contributed by atoms with Crippen LogP contribution in [0.4, 0.5) is 0 Å². The van der Waals surface area contributed by atoms with Gasteiger partial charge in [0, 0.05) is 6.54 Å². The summed E-state index contributed by atoms with van der Waals surface area (Å²) < 4.78 is 4.94. The first-order chi connectivity index (χ1) is 6.67. The molecule has 1 atom stereocenters. The summed E-state index contributed by atoms with van der Waals surface area (Å²) in [6, 6.07) is 4.96. The van der Waals surface area contributed by atoms with Crippen LogP contribution in [0.3, 0.4) is 0 Å². The highest BCUT2D eigenvalue weighted by molar-refractivity contribution is 5.41. The number of benzene rings is 1. The smallest absolute Gasteiger partial charge is 0.160 e. The normalized spacial score (nSPS) is 12.5. The highest BCUT2D eigenvalue weighted by atomic mass is 16.5. The van der Waals surface area contributed by atoms with E-state index in [1.807, 2.05) is 0 Å². The Kier molecular flexibility index (Phi) is 3.73. The van der Waals surface area contributed by atoms with E-state index in [9.17, 15) is 10.2 Å².